The lowest BCUT2D eigenvalue weighted by molar-refractivity contribution is 0.405. The van der Waals surface area contributed by atoms with E-state index in [0.29, 0.717) is 11.2 Å². The maximum absolute atomic E-state index is 5.96. The molecule has 2 aromatic rings. The zero-order chi connectivity index (χ0) is 14.2. The van der Waals surface area contributed by atoms with Gasteiger partial charge in [-0.05, 0) is 18.2 Å². The topological polar surface area (TPSA) is 94.4 Å². The Balaban J connectivity index is 1.66. The molecule has 1 saturated heterocycles. The largest absolute Gasteiger partial charge is 0.377 e. The van der Waals surface area contributed by atoms with Gasteiger partial charge < -0.3 is 16.4 Å². The van der Waals surface area contributed by atoms with Crippen LogP contribution in [0, 0.1) is 0 Å². The summed E-state index contributed by atoms with van der Waals surface area (Å²) in [5.74, 6) is 0. The van der Waals surface area contributed by atoms with Crippen LogP contribution in [0.15, 0.2) is 29.5 Å². The van der Waals surface area contributed by atoms with Crippen molar-refractivity contribution in [3.05, 3.63) is 24.4 Å². The van der Waals surface area contributed by atoms with E-state index < -0.39 is 0 Å². The number of hydrogen-bond donors (Lipinski definition) is 4. The van der Waals surface area contributed by atoms with Crippen LogP contribution in [0.25, 0.3) is 10.9 Å². The summed E-state index contributed by atoms with van der Waals surface area (Å²) in [7, 11) is 0. The van der Waals surface area contributed by atoms with E-state index in [1.165, 1.54) is 0 Å². The fraction of sp³-hybridized carbons (Fsp3) is 0.385. The van der Waals surface area contributed by atoms with Crippen LogP contribution in [-0.2, 0) is 0 Å². The van der Waals surface area contributed by atoms with Gasteiger partial charge >= 0.3 is 0 Å². The SMILES string of the molecule is NC1=NN(c2ccc3[nH]ncc3c2)C(C2CNCCN2)S1. The van der Waals surface area contributed by atoms with Gasteiger partial charge in [-0.2, -0.15) is 5.10 Å². The Morgan fingerprint density at radius 2 is 2.29 bits per heavy atom. The zero-order valence-electron chi connectivity index (χ0n) is 11.4. The van der Waals surface area contributed by atoms with Gasteiger partial charge in [-0.1, -0.05) is 11.8 Å². The van der Waals surface area contributed by atoms with Crippen LogP contribution in [0.1, 0.15) is 0 Å². The lowest BCUT2D eigenvalue weighted by atomic mass is 10.2. The Morgan fingerprint density at radius 1 is 1.33 bits per heavy atom. The van der Waals surface area contributed by atoms with E-state index in [2.05, 4.69) is 32.0 Å². The molecule has 0 aliphatic carbocycles. The normalized spacial score (nSPS) is 26.3. The minimum Gasteiger partial charge on any atom is -0.377 e. The summed E-state index contributed by atoms with van der Waals surface area (Å²) in [6, 6.07) is 6.47. The first-order chi connectivity index (χ1) is 10.3. The van der Waals surface area contributed by atoms with E-state index in [0.717, 1.165) is 36.2 Å². The first-order valence-corrected chi connectivity index (χ1v) is 7.86. The van der Waals surface area contributed by atoms with Crippen LogP contribution < -0.4 is 21.4 Å². The quantitative estimate of drug-likeness (QED) is 0.635. The van der Waals surface area contributed by atoms with Crippen molar-refractivity contribution in [1.29, 1.82) is 0 Å². The van der Waals surface area contributed by atoms with E-state index in [9.17, 15) is 0 Å². The molecule has 2 atom stereocenters. The molecule has 7 nitrogen and oxygen atoms in total. The summed E-state index contributed by atoms with van der Waals surface area (Å²) >= 11 is 1.61. The van der Waals surface area contributed by atoms with Gasteiger partial charge in [-0.3, -0.25) is 5.10 Å². The Morgan fingerprint density at radius 3 is 3.14 bits per heavy atom. The van der Waals surface area contributed by atoms with Crippen LogP contribution in [0.5, 0.6) is 0 Å². The van der Waals surface area contributed by atoms with E-state index in [1.807, 2.05) is 23.3 Å². The Kier molecular flexibility index (Phi) is 3.21. The fourth-order valence-electron chi connectivity index (χ4n) is 2.77. The molecule has 1 aromatic carbocycles. The lowest BCUT2D eigenvalue weighted by Crippen LogP contribution is -2.56. The molecular formula is C13H17N7S. The number of piperazine rings is 1. The summed E-state index contributed by atoms with van der Waals surface area (Å²) in [5, 5.41) is 22.3. The Labute approximate surface area is 126 Å². The van der Waals surface area contributed by atoms with Gasteiger partial charge in [0.2, 0.25) is 0 Å². The summed E-state index contributed by atoms with van der Waals surface area (Å²) < 4.78 is 0. The molecule has 0 bridgehead atoms. The van der Waals surface area contributed by atoms with Gasteiger partial charge in [0.1, 0.15) is 5.37 Å². The zero-order valence-corrected chi connectivity index (χ0v) is 12.2. The third kappa shape index (κ3) is 2.35. The summed E-state index contributed by atoms with van der Waals surface area (Å²) in [5.41, 5.74) is 8.02. The predicted octanol–water partition coefficient (Wildman–Crippen LogP) is 0.233. The van der Waals surface area contributed by atoms with Crippen LogP contribution in [0.3, 0.4) is 0 Å². The van der Waals surface area contributed by atoms with Crippen molar-refractivity contribution in [1.82, 2.24) is 20.8 Å². The first-order valence-electron chi connectivity index (χ1n) is 6.98. The molecule has 2 aliphatic rings. The predicted molar refractivity (Wildman–Crippen MR) is 86.2 cm³/mol. The van der Waals surface area contributed by atoms with Gasteiger partial charge in [-0.15, -0.1) is 5.10 Å². The number of fused-ring (bicyclic) bond motifs is 1. The number of aromatic amines is 1. The van der Waals surface area contributed by atoms with Crippen molar-refractivity contribution >= 4 is 33.5 Å². The highest BCUT2D eigenvalue weighted by Crippen LogP contribution is 2.33. The van der Waals surface area contributed by atoms with E-state index in [-0.39, 0.29) is 5.37 Å². The summed E-state index contributed by atoms with van der Waals surface area (Å²) in [6.07, 6.45) is 1.82. The number of aromatic nitrogens is 2. The first kappa shape index (κ1) is 12.9. The van der Waals surface area contributed by atoms with Crippen molar-refractivity contribution in [2.45, 2.75) is 11.4 Å². The fourth-order valence-corrected chi connectivity index (χ4v) is 3.78. The van der Waals surface area contributed by atoms with Crippen molar-refractivity contribution < 1.29 is 0 Å². The lowest BCUT2D eigenvalue weighted by Gasteiger charge is -2.33. The van der Waals surface area contributed by atoms with Gasteiger partial charge in [0, 0.05) is 25.0 Å². The van der Waals surface area contributed by atoms with Crippen LogP contribution in [-0.4, -0.2) is 46.4 Å². The molecule has 5 N–H and O–H groups in total. The van der Waals surface area contributed by atoms with Crippen LogP contribution >= 0.6 is 11.8 Å². The van der Waals surface area contributed by atoms with Crippen LogP contribution in [0.2, 0.25) is 0 Å². The highest BCUT2D eigenvalue weighted by Gasteiger charge is 2.35. The third-order valence-electron chi connectivity index (χ3n) is 3.79. The van der Waals surface area contributed by atoms with Crippen molar-refractivity contribution in [2.24, 2.45) is 10.8 Å². The van der Waals surface area contributed by atoms with Gasteiger partial charge in [0.25, 0.3) is 0 Å². The van der Waals surface area contributed by atoms with Crippen LogP contribution in [0.4, 0.5) is 5.69 Å². The van der Waals surface area contributed by atoms with Crippen molar-refractivity contribution in [3.8, 4) is 0 Å². The molecule has 110 valence electrons. The molecule has 0 radical (unpaired) electrons. The summed E-state index contributed by atoms with van der Waals surface area (Å²) in [4.78, 5) is 0. The molecule has 1 fully saturated rings. The molecule has 21 heavy (non-hydrogen) atoms. The molecule has 0 saturated carbocycles. The highest BCUT2D eigenvalue weighted by molar-refractivity contribution is 8.14. The molecule has 2 unspecified atom stereocenters. The monoisotopic (exact) mass is 303 g/mol. The minimum atomic E-state index is 0.169. The van der Waals surface area contributed by atoms with Crippen molar-refractivity contribution in [3.63, 3.8) is 0 Å². The average molecular weight is 303 g/mol. The minimum absolute atomic E-state index is 0.169. The number of nitrogens with one attached hydrogen (secondary N) is 3. The second-order valence-corrected chi connectivity index (χ2v) is 6.33. The molecule has 2 aliphatic heterocycles. The van der Waals surface area contributed by atoms with E-state index in [1.54, 1.807) is 11.8 Å². The molecule has 8 heteroatoms. The standard InChI is InChI=1S/C13H17N7S/c14-13-19-20(12(21-13)11-7-15-3-4-16-11)9-1-2-10-8(5-9)6-17-18-10/h1-2,5-6,11-12,15-16H,3-4,7H2,(H2,14,19)(H,17,18). The number of thioether (sulfide) groups is 1. The molecule has 0 amide bonds. The number of benzene rings is 1. The maximum atomic E-state index is 5.96. The number of nitrogens with zero attached hydrogens (tertiary/aromatic N) is 3. The Bertz CT molecular complexity index is 676. The third-order valence-corrected chi connectivity index (χ3v) is 4.89. The second kappa shape index (κ2) is 5.21. The number of hydrazone groups is 1. The molecule has 1 aromatic heterocycles. The number of amidine groups is 1. The molecule has 3 heterocycles. The second-order valence-electron chi connectivity index (χ2n) is 5.20. The van der Waals surface area contributed by atoms with Crippen molar-refractivity contribution in [2.75, 3.05) is 24.6 Å². The number of anilines is 1. The number of rotatable bonds is 2. The smallest absolute Gasteiger partial charge is 0.180 e. The van der Waals surface area contributed by atoms with E-state index in [4.69, 9.17) is 5.73 Å². The van der Waals surface area contributed by atoms with Gasteiger partial charge in [0.15, 0.2) is 5.17 Å². The number of hydrogen-bond acceptors (Lipinski definition) is 7. The Hall–Kier alpha value is -1.77. The summed E-state index contributed by atoms with van der Waals surface area (Å²) in [6.45, 7) is 2.90. The number of nitrogens with two attached hydrogens (primary N) is 1. The van der Waals surface area contributed by atoms with Gasteiger partial charge in [-0.25, -0.2) is 5.01 Å². The van der Waals surface area contributed by atoms with Gasteiger partial charge in [0.05, 0.1) is 23.4 Å². The molecule has 4 rings (SSSR count). The molecular weight excluding hydrogens is 286 g/mol. The maximum Gasteiger partial charge on any atom is 0.180 e. The number of H-pyrrole nitrogens is 1. The van der Waals surface area contributed by atoms with E-state index >= 15 is 0 Å². The average Bonchev–Trinajstić information content (AvgIpc) is 3.13. The highest BCUT2D eigenvalue weighted by atomic mass is 32.2. The molecule has 0 spiro atoms.